The van der Waals surface area contributed by atoms with Crippen molar-refractivity contribution in [3.8, 4) is 0 Å². The second kappa shape index (κ2) is 6.72. The number of rotatable bonds is 3. The van der Waals surface area contributed by atoms with Gasteiger partial charge in [0.2, 0.25) is 0 Å². The van der Waals surface area contributed by atoms with E-state index in [2.05, 4.69) is 17.9 Å². The minimum Gasteiger partial charge on any atom is -0.385 e. The van der Waals surface area contributed by atoms with Gasteiger partial charge in [0, 0.05) is 6.54 Å². The van der Waals surface area contributed by atoms with Gasteiger partial charge in [-0.25, -0.2) is 0 Å². The van der Waals surface area contributed by atoms with Crippen LogP contribution in [0.15, 0.2) is 11.6 Å². The fourth-order valence-electron chi connectivity index (χ4n) is 3.47. The van der Waals surface area contributed by atoms with Crippen molar-refractivity contribution in [3.05, 3.63) is 11.6 Å². The van der Waals surface area contributed by atoms with Crippen molar-refractivity contribution in [3.63, 3.8) is 0 Å². The molecular weight excluding hydrogens is 222 g/mol. The van der Waals surface area contributed by atoms with E-state index < -0.39 is 5.60 Å². The van der Waals surface area contributed by atoms with Gasteiger partial charge < -0.3 is 10.0 Å². The monoisotopic (exact) mass is 251 g/mol. The topological polar surface area (TPSA) is 23.5 Å². The van der Waals surface area contributed by atoms with Gasteiger partial charge in [-0.2, -0.15) is 0 Å². The summed E-state index contributed by atoms with van der Waals surface area (Å²) in [6, 6.07) is 0. The van der Waals surface area contributed by atoms with Crippen molar-refractivity contribution in [2.45, 2.75) is 70.3 Å². The highest BCUT2D eigenvalue weighted by molar-refractivity contribution is 5.18. The van der Waals surface area contributed by atoms with Crippen molar-refractivity contribution < 1.29 is 5.11 Å². The van der Waals surface area contributed by atoms with E-state index in [1.807, 2.05) is 0 Å². The molecule has 1 atom stereocenters. The third-order valence-corrected chi connectivity index (χ3v) is 4.58. The molecule has 1 unspecified atom stereocenters. The molecular formula is C16H29NO. The number of hydrogen-bond acceptors (Lipinski definition) is 2. The van der Waals surface area contributed by atoms with Crippen LogP contribution < -0.4 is 0 Å². The summed E-state index contributed by atoms with van der Waals surface area (Å²) in [6.45, 7) is 5.67. The molecule has 2 nitrogen and oxygen atoms in total. The molecule has 1 heterocycles. The molecule has 2 heteroatoms. The summed E-state index contributed by atoms with van der Waals surface area (Å²) in [5, 5.41) is 11.0. The van der Waals surface area contributed by atoms with Gasteiger partial charge in [0.25, 0.3) is 0 Å². The molecule has 0 aromatic rings. The molecule has 18 heavy (non-hydrogen) atoms. The van der Waals surface area contributed by atoms with E-state index >= 15 is 0 Å². The van der Waals surface area contributed by atoms with Gasteiger partial charge >= 0.3 is 0 Å². The Morgan fingerprint density at radius 3 is 2.89 bits per heavy atom. The Hall–Kier alpha value is -0.340. The standard InChI is InChI=1S/C16H29NO/c1-2-12-17-13-7-10-16(18,11-14-17)15-8-5-3-4-6-9-15/h8,18H,2-7,9-14H2,1H3. The molecule has 1 N–H and O–H groups in total. The largest absolute Gasteiger partial charge is 0.385 e. The quantitative estimate of drug-likeness (QED) is 0.776. The van der Waals surface area contributed by atoms with E-state index in [1.165, 1.54) is 50.8 Å². The third kappa shape index (κ3) is 3.58. The lowest BCUT2D eigenvalue weighted by molar-refractivity contribution is 0.0586. The van der Waals surface area contributed by atoms with Crippen LogP contribution in [0.1, 0.15) is 64.7 Å². The molecule has 0 bridgehead atoms. The lowest BCUT2D eigenvalue weighted by atomic mass is 9.84. The van der Waals surface area contributed by atoms with Gasteiger partial charge in [0.1, 0.15) is 0 Å². The molecule has 2 rings (SSSR count). The average molecular weight is 251 g/mol. The third-order valence-electron chi connectivity index (χ3n) is 4.58. The Morgan fingerprint density at radius 2 is 2.06 bits per heavy atom. The number of aliphatic hydroxyl groups is 1. The average Bonchev–Trinajstić information content (AvgIpc) is 2.72. The molecule has 1 saturated heterocycles. The van der Waals surface area contributed by atoms with Crippen molar-refractivity contribution in [1.29, 1.82) is 0 Å². The Morgan fingerprint density at radius 1 is 1.17 bits per heavy atom. The lowest BCUT2D eigenvalue weighted by Gasteiger charge is -2.30. The van der Waals surface area contributed by atoms with E-state index in [1.54, 1.807) is 0 Å². The summed E-state index contributed by atoms with van der Waals surface area (Å²) in [6.07, 6.45) is 12.8. The van der Waals surface area contributed by atoms with Gasteiger partial charge in [-0.15, -0.1) is 0 Å². The minimum absolute atomic E-state index is 0.479. The second-order valence-electron chi connectivity index (χ2n) is 6.06. The normalized spacial score (nSPS) is 31.6. The maximum absolute atomic E-state index is 11.0. The molecule has 104 valence electrons. The summed E-state index contributed by atoms with van der Waals surface area (Å²) in [5.41, 5.74) is 0.880. The summed E-state index contributed by atoms with van der Waals surface area (Å²) in [4.78, 5) is 2.52. The summed E-state index contributed by atoms with van der Waals surface area (Å²) in [7, 11) is 0. The molecule has 1 fully saturated rings. The number of hydrogen-bond donors (Lipinski definition) is 1. The van der Waals surface area contributed by atoms with E-state index in [0.29, 0.717) is 0 Å². The highest BCUT2D eigenvalue weighted by Gasteiger charge is 2.33. The SMILES string of the molecule is CCCN1CCCC(O)(C2=CCCCCC2)CC1. The van der Waals surface area contributed by atoms with Crippen molar-refractivity contribution in [1.82, 2.24) is 4.90 Å². The Labute approximate surface area is 112 Å². The van der Waals surface area contributed by atoms with E-state index in [-0.39, 0.29) is 0 Å². The maximum atomic E-state index is 11.0. The van der Waals surface area contributed by atoms with Crippen LogP contribution in [0.5, 0.6) is 0 Å². The van der Waals surface area contributed by atoms with Gasteiger partial charge in [-0.05, 0) is 70.0 Å². The number of allylic oxidation sites excluding steroid dienone is 1. The minimum atomic E-state index is -0.479. The predicted molar refractivity (Wildman–Crippen MR) is 76.7 cm³/mol. The Kier molecular flexibility index (Phi) is 5.25. The highest BCUT2D eigenvalue weighted by atomic mass is 16.3. The van der Waals surface area contributed by atoms with Crippen LogP contribution in [0.4, 0.5) is 0 Å². The maximum Gasteiger partial charge on any atom is 0.0869 e. The van der Waals surface area contributed by atoms with Crippen molar-refractivity contribution >= 4 is 0 Å². The van der Waals surface area contributed by atoms with Crippen LogP contribution in [0, 0.1) is 0 Å². The van der Waals surface area contributed by atoms with E-state index in [4.69, 9.17) is 0 Å². The van der Waals surface area contributed by atoms with Crippen molar-refractivity contribution in [2.75, 3.05) is 19.6 Å². The first-order valence-corrected chi connectivity index (χ1v) is 7.89. The predicted octanol–water partition coefficient (Wildman–Crippen LogP) is 3.50. The molecule has 0 amide bonds. The molecule has 1 aliphatic carbocycles. The number of likely N-dealkylation sites (tertiary alicyclic amines) is 1. The van der Waals surface area contributed by atoms with Crippen LogP contribution in [0.25, 0.3) is 0 Å². The molecule has 0 aromatic heterocycles. The highest BCUT2D eigenvalue weighted by Crippen LogP contribution is 2.34. The van der Waals surface area contributed by atoms with E-state index in [9.17, 15) is 5.11 Å². The molecule has 0 saturated carbocycles. The fourth-order valence-corrected chi connectivity index (χ4v) is 3.47. The summed E-state index contributed by atoms with van der Waals surface area (Å²) in [5.74, 6) is 0. The Balaban J connectivity index is 1.99. The van der Waals surface area contributed by atoms with Gasteiger partial charge in [-0.1, -0.05) is 19.4 Å². The first-order chi connectivity index (χ1) is 8.74. The molecule has 0 radical (unpaired) electrons. The van der Waals surface area contributed by atoms with Crippen molar-refractivity contribution in [2.24, 2.45) is 0 Å². The zero-order valence-electron chi connectivity index (χ0n) is 12.0. The fraction of sp³-hybridized carbons (Fsp3) is 0.875. The molecule has 0 spiro atoms. The van der Waals surface area contributed by atoms with Gasteiger partial charge in [0.05, 0.1) is 5.60 Å². The lowest BCUT2D eigenvalue weighted by Crippen LogP contribution is -2.33. The van der Waals surface area contributed by atoms with Crippen LogP contribution >= 0.6 is 0 Å². The van der Waals surface area contributed by atoms with Gasteiger partial charge in [-0.3, -0.25) is 0 Å². The zero-order valence-corrected chi connectivity index (χ0v) is 12.0. The smallest absolute Gasteiger partial charge is 0.0869 e. The van der Waals surface area contributed by atoms with Gasteiger partial charge in [0.15, 0.2) is 0 Å². The second-order valence-corrected chi connectivity index (χ2v) is 6.06. The first kappa shape index (κ1) is 14.1. The van der Waals surface area contributed by atoms with Crippen LogP contribution in [0.2, 0.25) is 0 Å². The van der Waals surface area contributed by atoms with Crippen LogP contribution in [-0.2, 0) is 0 Å². The van der Waals surface area contributed by atoms with Crippen LogP contribution in [-0.4, -0.2) is 35.2 Å². The zero-order chi connectivity index (χ0) is 12.8. The number of nitrogens with zero attached hydrogens (tertiary/aromatic N) is 1. The molecule has 1 aliphatic heterocycles. The first-order valence-electron chi connectivity index (χ1n) is 7.89. The Bertz CT molecular complexity index is 287. The molecule has 2 aliphatic rings. The van der Waals surface area contributed by atoms with E-state index in [0.717, 1.165) is 32.2 Å². The summed E-state index contributed by atoms with van der Waals surface area (Å²) < 4.78 is 0. The summed E-state index contributed by atoms with van der Waals surface area (Å²) >= 11 is 0. The van der Waals surface area contributed by atoms with Crippen LogP contribution in [0.3, 0.4) is 0 Å². The molecule has 0 aromatic carbocycles.